The van der Waals surface area contributed by atoms with E-state index in [1.807, 2.05) is 54.6 Å². The van der Waals surface area contributed by atoms with E-state index in [9.17, 15) is 4.79 Å². The summed E-state index contributed by atoms with van der Waals surface area (Å²) < 4.78 is 1.43. The van der Waals surface area contributed by atoms with Crippen molar-refractivity contribution in [2.24, 2.45) is 0 Å². The van der Waals surface area contributed by atoms with Crippen molar-refractivity contribution >= 4 is 5.78 Å². The molecule has 0 unspecified atom stereocenters. The monoisotopic (exact) mass is 293 g/mol. The lowest BCUT2D eigenvalue weighted by Gasteiger charge is -2.04. The molecule has 0 aliphatic rings. The summed E-state index contributed by atoms with van der Waals surface area (Å²) in [7, 11) is 0. The summed E-state index contributed by atoms with van der Waals surface area (Å²) in [5.41, 5.74) is 3.26. The van der Waals surface area contributed by atoms with Crippen LogP contribution in [-0.2, 0) is 13.2 Å². The number of hydrogen-bond acceptors (Lipinski definition) is 4. The van der Waals surface area contributed by atoms with Crippen LogP contribution in [-0.4, -0.2) is 25.9 Å². The molecule has 3 rings (SSSR count). The van der Waals surface area contributed by atoms with Crippen LogP contribution in [0.2, 0.25) is 0 Å². The van der Waals surface area contributed by atoms with Crippen molar-refractivity contribution in [1.29, 1.82) is 0 Å². The highest BCUT2D eigenvalue weighted by atomic mass is 16.3. The normalized spacial score (nSPS) is 10.6. The first-order valence-corrected chi connectivity index (χ1v) is 6.95. The first-order chi connectivity index (χ1) is 10.8. The topological polar surface area (TPSA) is 68.0 Å². The van der Waals surface area contributed by atoms with E-state index in [2.05, 4.69) is 10.3 Å². The predicted molar refractivity (Wildman–Crippen MR) is 82.2 cm³/mol. The van der Waals surface area contributed by atoms with Gasteiger partial charge in [-0.15, -0.1) is 5.10 Å². The summed E-state index contributed by atoms with van der Waals surface area (Å²) in [4.78, 5) is 12.2. The Morgan fingerprint density at radius 3 is 2.32 bits per heavy atom. The highest BCUT2D eigenvalue weighted by Gasteiger charge is 2.09. The second-order valence-electron chi connectivity index (χ2n) is 4.93. The van der Waals surface area contributed by atoms with E-state index in [-0.39, 0.29) is 18.9 Å². The number of hydrogen-bond donors (Lipinski definition) is 1. The molecule has 0 amide bonds. The first kappa shape index (κ1) is 14.2. The first-order valence-electron chi connectivity index (χ1n) is 6.95. The minimum absolute atomic E-state index is 0.0472. The SMILES string of the molecule is O=C(Cn1cc(CO)nn1)c1ccc(-c2ccccc2)cc1. The zero-order valence-corrected chi connectivity index (χ0v) is 11.9. The summed E-state index contributed by atoms with van der Waals surface area (Å²) >= 11 is 0. The Hall–Kier alpha value is -2.79. The summed E-state index contributed by atoms with van der Waals surface area (Å²) in [6, 6.07) is 17.5. The zero-order chi connectivity index (χ0) is 15.4. The third-order valence-electron chi connectivity index (χ3n) is 3.37. The van der Waals surface area contributed by atoms with Gasteiger partial charge in [-0.1, -0.05) is 59.8 Å². The smallest absolute Gasteiger partial charge is 0.184 e. The average molecular weight is 293 g/mol. The number of rotatable bonds is 5. The van der Waals surface area contributed by atoms with E-state index in [4.69, 9.17) is 5.11 Å². The molecule has 1 aromatic heterocycles. The fourth-order valence-corrected chi connectivity index (χ4v) is 2.21. The van der Waals surface area contributed by atoms with Crippen LogP contribution in [0.15, 0.2) is 60.8 Å². The minimum atomic E-state index is -0.181. The molecule has 5 nitrogen and oxygen atoms in total. The highest BCUT2D eigenvalue weighted by molar-refractivity contribution is 5.96. The number of aromatic nitrogens is 3. The fourth-order valence-electron chi connectivity index (χ4n) is 2.21. The number of aliphatic hydroxyl groups is 1. The molecule has 110 valence electrons. The molecule has 0 bridgehead atoms. The molecular formula is C17H15N3O2. The van der Waals surface area contributed by atoms with Gasteiger partial charge in [0.2, 0.25) is 0 Å². The molecule has 3 aromatic rings. The van der Waals surface area contributed by atoms with Crippen LogP contribution in [0.5, 0.6) is 0 Å². The van der Waals surface area contributed by atoms with E-state index in [0.717, 1.165) is 11.1 Å². The number of ketones is 1. The average Bonchev–Trinajstić information content (AvgIpc) is 3.03. The van der Waals surface area contributed by atoms with Crippen molar-refractivity contribution in [1.82, 2.24) is 15.0 Å². The molecule has 2 aromatic carbocycles. The summed E-state index contributed by atoms with van der Waals surface area (Å²) in [5, 5.41) is 16.5. The number of nitrogens with zero attached hydrogens (tertiary/aromatic N) is 3. The lowest BCUT2D eigenvalue weighted by atomic mass is 10.0. The van der Waals surface area contributed by atoms with Crippen LogP contribution >= 0.6 is 0 Å². The van der Waals surface area contributed by atoms with Crippen molar-refractivity contribution in [3.05, 3.63) is 72.1 Å². The van der Waals surface area contributed by atoms with Gasteiger partial charge in [0.05, 0.1) is 12.8 Å². The Balaban J connectivity index is 1.73. The molecule has 0 aliphatic heterocycles. The summed E-state index contributed by atoms with van der Waals surface area (Å²) in [5.74, 6) is -0.0472. The maximum Gasteiger partial charge on any atom is 0.184 e. The molecule has 1 N–H and O–H groups in total. The highest BCUT2D eigenvalue weighted by Crippen LogP contribution is 2.19. The van der Waals surface area contributed by atoms with Gasteiger partial charge in [-0.05, 0) is 11.1 Å². The van der Waals surface area contributed by atoms with Gasteiger partial charge in [0.25, 0.3) is 0 Å². The van der Waals surface area contributed by atoms with Crippen LogP contribution in [0.1, 0.15) is 16.1 Å². The maximum absolute atomic E-state index is 12.2. The van der Waals surface area contributed by atoms with Crippen molar-refractivity contribution in [2.45, 2.75) is 13.2 Å². The number of benzene rings is 2. The molecule has 1 heterocycles. The lowest BCUT2D eigenvalue weighted by Crippen LogP contribution is -2.11. The third kappa shape index (κ3) is 3.10. The number of aliphatic hydroxyl groups excluding tert-OH is 1. The van der Waals surface area contributed by atoms with E-state index < -0.39 is 0 Å². The Morgan fingerprint density at radius 2 is 1.68 bits per heavy atom. The molecular weight excluding hydrogens is 278 g/mol. The molecule has 0 saturated carbocycles. The van der Waals surface area contributed by atoms with Gasteiger partial charge >= 0.3 is 0 Å². The molecule has 5 heteroatoms. The number of carbonyl (C=O) groups excluding carboxylic acids is 1. The van der Waals surface area contributed by atoms with Gasteiger partial charge < -0.3 is 5.11 Å². The quantitative estimate of drug-likeness (QED) is 0.733. The van der Waals surface area contributed by atoms with Gasteiger partial charge in [-0.25, -0.2) is 4.68 Å². The summed E-state index contributed by atoms with van der Waals surface area (Å²) in [6.45, 7) is -0.0718. The van der Waals surface area contributed by atoms with E-state index in [0.29, 0.717) is 11.3 Å². The van der Waals surface area contributed by atoms with Gasteiger partial charge in [0, 0.05) is 5.56 Å². The van der Waals surface area contributed by atoms with E-state index >= 15 is 0 Å². The van der Waals surface area contributed by atoms with Crippen LogP contribution in [0, 0.1) is 0 Å². The van der Waals surface area contributed by atoms with Gasteiger partial charge in [-0.3, -0.25) is 4.79 Å². The second-order valence-corrected chi connectivity index (χ2v) is 4.93. The molecule has 0 atom stereocenters. The van der Waals surface area contributed by atoms with Crippen LogP contribution in [0.3, 0.4) is 0 Å². The Bertz CT molecular complexity index is 764. The maximum atomic E-state index is 12.2. The van der Waals surface area contributed by atoms with Crippen molar-refractivity contribution < 1.29 is 9.90 Å². The van der Waals surface area contributed by atoms with Crippen LogP contribution in [0.4, 0.5) is 0 Å². The van der Waals surface area contributed by atoms with Crippen molar-refractivity contribution in [3.63, 3.8) is 0 Å². The molecule has 0 fully saturated rings. The van der Waals surface area contributed by atoms with E-state index in [1.54, 1.807) is 6.20 Å². The molecule has 0 aliphatic carbocycles. The third-order valence-corrected chi connectivity index (χ3v) is 3.37. The van der Waals surface area contributed by atoms with Crippen LogP contribution in [0.25, 0.3) is 11.1 Å². The van der Waals surface area contributed by atoms with Gasteiger partial charge in [0.15, 0.2) is 5.78 Å². The fraction of sp³-hybridized carbons (Fsp3) is 0.118. The summed E-state index contributed by atoms with van der Waals surface area (Å²) in [6.07, 6.45) is 1.57. The number of carbonyl (C=O) groups is 1. The van der Waals surface area contributed by atoms with E-state index in [1.165, 1.54) is 4.68 Å². The standard InChI is InChI=1S/C17H15N3O2/c21-12-16-10-20(19-18-16)11-17(22)15-8-6-14(7-9-15)13-4-2-1-3-5-13/h1-10,21H,11-12H2. The lowest BCUT2D eigenvalue weighted by molar-refractivity contribution is 0.0967. The van der Waals surface area contributed by atoms with Crippen molar-refractivity contribution in [3.8, 4) is 11.1 Å². The molecule has 22 heavy (non-hydrogen) atoms. The largest absolute Gasteiger partial charge is 0.390 e. The van der Waals surface area contributed by atoms with Gasteiger partial charge in [0.1, 0.15) is 12.2 Å². The number of Topliss-reactive ketones (excluding diaryl/α,β-unsaturated/α-hetero) is 1. The molecule has 0 radical (unpaired) electrons. The second kappa shape index (κ2) is 6.32. The Morgan fingerprint density at radius 1 is 1.00 bits per heavy atom. The molecule has 0 saturated heterocycles. The Labute approximate surface area is 127 Å². The van der Waals surface area contributed by atoms with Crippen molar-refractivity contribution in [2.75, 3.05) is 0 Å². The Kier molecular flexibility index (Phi) is 4.07. The minimum Gasteiger partial charge on any atom is -0.390 e. The van der Waals surface area contributed by atoms with Crippen LogP contribution < -0.4 is 0 Å². The molecule has 0 spiro atoms. The predicted octanol–water partition coefficient (Wildman–Crippen LogP) is 2.32. The zero-order valence-electron chi connectivity index (χ0n) is 11.9. The van der Waals surface area contributed by atoms with Gasteiger partial charge in [-0.2, -0.15) is 0 Å².